The number of aryl methyl sites for hydroxylation is 1. The molecule has 0 bridgehead atoms. The fraction of sp³-hybridized carbons (Fsp3) is 0.421. The van der Waals surface area contributed by atoms with Crippen molar-refractivity contribution in [2.24, 2.45) is 5.73 Å². The molecule has 1 saturated heterocycles. The van der Waals surface area contributed by atoms with Crippen molar-refractivity contribution in [1.29, 1.82) is 0 Å². The lowest BCUT2D eigenvalue weighted by molar-refractivity contribution is -0.131. The van der Waals surface area contributed by atoms with E-state index in [9.17, 15) is 9.59 Å². The quantitative estimate of drug-likeness (QED) is 0.718. The van der Waals surface area contributed by atoms with Crippen LogP contribution in [0, 0.1) is 6.92 Å². The molecule has 2 N–H and O–H groups in total. The smallest absolute Gasteiger partial charge is 0.239 e. The van der Waals surface area contributed by atoms with Crippen molar-refractivity contribution < 1.29 is 9.59 Å². The summed E-state index contributed by atoms with van der Waals surface area (Å²) in [7, 11) is 0. The van der Waals surface area contributed by atoms with Crippen molar-refractivity contribution >= 4 is 46.5 Å². The summed E-state index contributed by atoms with van der Waals surface area (Å²) in [6, 6.07) is 6.66. The number of piperazine rings is 1. The molecule has 2 amide bonds. The van der Waals surface area contributed by atoms with Crippen LogP contribution in [0.4, 0.5) is 0 Å². The van der Waals surface area contributed by atoms with Crippen molar-refractivity contribution in [3.05, 3.63) is 50.9 Å². The number of nitrogens with two attached hydrogens (primary N) is 1. The minimum atomic E-state index is -0.503. The van der Waals surface area contributed by atoms with Crippen LogP contribution in [0.5, 0.6) is 0 Å². The SMILES string of the molecule is Cc1nc(CSCC(=O)N2CCN(C(C(N)=O)c3ccc(Cl)cc3)CC2)cs1. The number of thioether (sulfide) groups is 1. The summed E-state index contributed by atoms with van der Waals surface area (Å²) in [6.07, 6.45) is 0. The highest BCUT2D eigenvalue weighted by Crippen LogP contribution is 2.24. The number of aromatic nitrogens is 1. The zero-order valence-electron chi connectivity index (χ0n) is 15.6. The highest BCUT2D eigenvalue weighted by molar-refractivity contribution is 7.99. The third-order valence-electron chi connectivity index (χ3n) is 4.63. The number of primary amides is 1. The standard InChI is InChI=1S/C19H23ClN4O2S2/c1-13-22-16(11-28-13)10-27-12-17(25)23-6-8-24(9-7-23)18(19(21)26)14-2-4-15(20)5-3-14/h2-5,11,18H,6-10,12H2,1H3,(H2,21,26). The maximum absolute atomic E-state index is 12.5. The van der Waals surface area contributed by atoms with Gasteiger partial charge < -0.3 is 10.6 Å². The summed E-state index contributed by atoms with van der Waals surface area (Å²) in [4.78, 5) is 32.8. The van der Waals surface area contributed by atoms with Gasteiger partial charge in [0.1, 0.15) is 6.04 Å². The Morgan fingerprint density at radius 1 is 1.25 bits per heavy atom. The maximum atomic E-state index is 12.5. The van der Waals surface area contributed by atoms with Gasteiger partial charge in [-0.2, -0.15) is 0 Å². The van der Waals surface area contributed by atoms with Crippen LogP contribution in [0.1, 0.15) is 22.3 Å². The molecule has 150 valence electrons. The van der Waals surface area contributed by atoms with Crippen LogP contribution < -0.4 is 5.73 Å². The van der Waals surface area contributed by atoms with Crippen molar-refractivity contribution in [3.8, 4) is 0 Å². The monoisotopic (exact) mass is 438 g/mol. The summed E-state index contributed by atoms with van der Waals surface area (Å²) < 4.78 is 0. The molecule has 1 fully saturated rings. The predicted molar refractivity (Wildman–Crippen MR) is 115 cm³/mol. The predicted octanol–water partition coefficient (Wildman–Crippen LogP) is 2.71. The highest BCUT2D eigenvalue weighted by atomic mass is 35.5. The molecule has 9 heteroatoms. The van der Waals surface area contributed by atoms with Crippen molar-refractivity contribution in [3.63, 3.8) is 0 Å². The van der Waals surface area contributed by atoms with Crippen LogP contribution >= 0.6 is 34.7 Å². The topological polar surface area (TPSA) is 79.5 Å². The van der Waals surface area contributed by atoms with E-state index in [-0.39, 0.29) is 5.91 Å². The molecule has 1 unspecified atom stereocenters. The Kier molecular flexibility index (Phi) is 7.34. The Hall–Kier alpha value is -1.61. The maximum Gasteiger partial charge on any atom is 0.239 e. The van der Waals surface area contributed by atoms with E-state index in [2.05, 4.69) is 4.98 Å². The van der Waals surface area contributed by atoms with E-state index in [0.717, 1.165) is 22.0 Å². The zero-order chi connectivity index (χ0) is 20.1. The molecule has 2 heterocycles. The second-order valence-electron chi connectivity index (χ2n) is 6.62. The van der Waals surface area contributed by atoms with Crippen LogP contribution in [0.2, 0.25) is 5.02 Å². The summed E-state index contributed by atoms with van der Waals surface area (Å²) in [5.74, 6) is 0.915. The first-order valence-electron chi connectivity index (χ1n) is 8.99. The highest BCUT2D eigenvalue weighted by Gasteiger charge is 2.30. The van der Waals surface area contributed by atoms with Gasteiger partial charge in [-0.05, 0) is 24.6 Å². The Labute approximate surface area is 178 Å². The summed E-state index contributed by atoms with van der Waals surface area (Å²) in [5.41, 5.74) is 7.50. The lowest BCUT2D eigenvalue weighted by atomic mass is 10.0. The number of rotatable bonds is 7. The number of halogens is 1. The molecule has 1 atom stereocenters. The lowest BCUT2D eigenvalue weighted by Gasteiger charge is -2.38. The number of nitrogens with zero attached hydrogens (tertiary/aromatic N) is 3. The molecule has 28 heavy (non-hydrogen) atoms. The molecule has 1 aliphatic heterocycles. The largest absolute Gasteiger partial charge is 0.368 e. The van der Waals surface area contributed by atoms with Crippen LogP contribution in [-0.4, -0.2) is 58.5 Å². The molecule has 1 aliphatic rings. The van der Waals surface area contributed by atoms with Gasteiger partial charge in [0.2, 0.25) is 11.8 Å². The van der Waals surface area contributed by atoms with Crippen LogP contribution in [0.15, 0.2) is 29.6 Å². The molecular weight excluding hydrogens is 416 g/mol. The molecule has 0 saturated carbocycles. The number of hydrogen-bond acceptors (Lipinski definition) is 6. The first kappa shape index (κ1) is 21.1. The Bertz CT molecular complexity index is 820. The first-order valence-corrected chi connectivity index (χ1v) is 11.4. The Morgan fingerprint density at radius 3 is 2.50 bits per heavy atom. The molecule has 1 aromatic carbocycles. The van der Waals surface area contributed by atoms with Gasteiger partial charge in [-0.15, -0.1) is 23.1 Å². The van der Waals surface area contributed by atoms with Gasteiger partial charge in [0.05, 0.1) is 16.5 Å². The van der Waals surface area contributed by atoms with Crippen molar-refractivity contribution in [2.45, 2.75) is 18.7 Å². The number of hydrogen-bond donors (Lipinski definition) is 1. The fourth-order valence-corrected chi connectivity index (χ4v) is 4.90. The van der Waals surface area contributed by atoms with Crippen LogP contribution in [0.3, 0.4) is 0 Å². The molecule has 2 aromatic rings. The molecule has 3 rings (SSSR count). The molecule has 0 radical (unpaired) electrons. The second kappa shape index (κ2) is 9.73. The number of thiazole rings is 1. The lowest BCUT2D eigenvalue weighted by Crippen LogP contribution is -2.52. The van der Waals surface area contributed by atoms with Crippen LogP contribution in [-0.2, 0) is 15.3 Å². The van der Waals surface area contributed by atoms with E-state index < -0.39 is 11.9 Å². The second-order valence-corrected chi connectivity index (χ2v) is 9.11. The van der Waals surface area contributed by atoms with Gasteiger partial charge in [0, 0.05) is 42.3 Å². The van der Waals surface area contributed by atoms with E-state index in [1.54, 1.807) is 35.2 Å². The number of carbonyl (C=O) groups is 2. The molecule has 0 aliphatic carbocycles. The van der Waals surface area contributed by atoms with Gasteiger partial charge in [-0.3, -0.25) is 14.5 Å². The van der Waals surface area contributed by atoms with E-state index in [0.29, 0.717) is 37.0 Å². The molecule has 1 aromatic heterocycles. The van der Waals surface area contributed by atoms with Crippen molar-refractivity contribution in [1.82, 2.24) is 14.8 Å². The summed E-state index contributed by atoms with van der Waals surface area (Å²) >= 11 is 9.15. The van der Waals surface area contributed by atoms with E-state index in [1.165, 1.54) is 0 Å². The number of benzene rings is 1. The molecule has 0 spiro atoms. The van der Waals surface area contributed by atoms with Gasteiger partial charge in [0.15, 0.2) is 0 Å². The Morgan fingerprint density at radius 2 is 1.93 bits per heavy atom. The summed E-state index contributed by atoms with van der Waals surface area (Å²) in [6.45, 7) is 4.38. The Balaban J connectivity index is 1.50. The molecular formula is C19H23ClN4O2S2. The van der Waals surface area contributed by atoms with Crippen molar-refractivity contribution in [2.75, 3.05) is 31.9 Å². The third-order valence-corrected chi connectivity index (χ3v) is 6.65. The minimum absolute atomic E-state index is 0.124. The van der Waals surface area contributed by atoms with Gasteiger partial charge >= 0.3 is 0 Å². The van der Waals surface area contributed by atoms with Gasteiger partial charge in [-0.25, -0.2) is 4.98 Å². The van der Waals surface area contributed by atoms with Gasteiger partial charge in [-0.1, -0.05) is 23.7 Å². The average Bonchev–Trinajstić information content (AvgIpc) is 3.09. The van der Waals surface area contributed by atoms with Gasteiger partial charge in [0.25, 0.3) is 0 Å². The normalized spacial score (nSPS) is 16.1. The zero-order valence-corrected chi connectivity index (χ0v) is 18.0. The van der Waals surface area contributed by atoms with E-state index >= 15 is 0 Å². The third kappa shape index (κ3) is 5.47. The number of amides is 2. The van der Waals surface area contributed by atoms with E-state index in [1.807, 2.05) is 34.2 Å². The number of carbonyl (C=O) groups excluding carboxylic acids is 2. The summed E-state index contributed by atoms with van der Waals surface area (Å²) in [5, 5.41) is 3.70. The fourth-order valence-electron chi connectivity index (χ4n) is 3.24. The average molecular weight is 439 g/mol. The van der Waals surface area contributed by atoms with E-state index in [4.69, 9.17) is 17.3 Å². The molecule has 6 nitrogen and oxygen atoms in total. The minimum Gasteiger partial charge on any atom is -0.368 e. The first-order chi connectivity index (χ1) is 13.4. The van der Waals surface area contributed by atoms with Crippen LogP contribution in [0.25, 0.3) is 0 Å².